The minimum absolute atomic E-state index is 0.0270. The van der Waals surface area contributed by atoms with E-state index in [2.05, 4.69) is 0 Å². The minimum atomic E-state index is -3.50. The zero-order valence-corrected chi connectivity index (χ0v) is 11.4. The van der Waals surface area contributed by atoms with E-state index in [0.29, 0.717) is 6.54 Å². The lowest BCUT2D eigenvalue weighted by Gasteiger charge is -2.27. The van der Waals surface area contributed by atoms with Gasteiger partial charge in [-0.15, -0.1) is 0 Å². The third-order valence-corrected chi connectivity index (χ3v) is 2.22. The summed E-state index contributed by atoms with van der Waals surface area (Å²) in [4.78, 5) is 13.2. The molecule has 1 amide bonds. The van der Waals surface area contributed by atoms with Gasteiger partial charge < -0.3 is 35.2 Å². The van der Waals surface area contributed by atoms with Crippen LogP contribution in [0.1, 0.15) is 33.6 Å². The third-order valence-electron chi connectivity index (χ3n) is 2.22. The maximum atomic E-state index is 11.6. The van der Waals surface area contributed by atoms with E-state index in [4.69, 9.17) is 30.3 Å². The molecule has 8 heteroatoms. The highest BCUT2D eigenvalue weighted by Gasteiger charge is 2.31. The van der Waals surface area contributed by atoms with Crippen LogP contribution in [-0.4, -0.2) is 67.5 Å². The van der Waals surface area contributed by atoms with Crippen molar-refractivity contribution < 1.29 is 35.1 Å². The van der Waals surface area contributed by atoms with Crippen molar-refractivity contribution in [3.8, 4) is 0 Å². The summed E-state index contributed by atoms with van der Waals surface area (Å²) < 4.78 is 5.23. The topological polar surface area (TPSA) is 131 Å². The third kappa shape index (κ3) is 9.62. The molecule has 0 aromatic heterocycles. The van der Waals surface area contributed by atoms with Crippen molar-refractivity contribution in [3.05, 3.63) is 0 Å². The Morgan fingerprint density at radius 3 is 2.11 bits per heavy atom. The van der Waals surface area contributed by atoms with Crippen LogP contribution in [0.4, 0.5) is 4.79 Å². The first kappa shape index (κ1) is 18.1. The number of nitrogens with zero attached hydrogens (tertiary/aromatic N) is 1. The number of hydrogen-bond acceptors (Lipinski definition) is 7. The van der Waals surface area contributed by atoms with E-state index < -0.39 is 11.8 Å². The standard InChI is InChI=1S/C10H19NO3.CH4O4/c1-10(2,3)14-9(13)11-6-4-5-8(11)7-12;2-1(3,4)5/h8,12H,4-7H2,1-3H3;2-5H. The highest BCUT2D eigenvalue weighted by Crippen LogP contribution is 2.20. The molecular weight excluding hydrogens is 258 g/mol. The molecule has 0 radical (unpaired) electrons. The number of rotatable bonds is 1. The van der Waals surface area contributed by atoms with Crippen LogP contribution in [0.2, 0.25) is 0 Å². The van der Waals surface area contributed by atoms with Gasteiger partial charge in [-0.3, -0.25) is 0 Å². The summed E-state index contributed by atoms with van der Waals surface area (Å²) in [6.07, 6.45) is -1.99. The Balaban J connectivity index is 0.000000555. The van der Waals surface area contributed by atoms with Crippen molar-refractivity contribution in [2.75, 3.05) is 13.2 Å². The van der Waals surface area contributed by atoms with E-state index in [9.17, 15) is 4.79 Å². The number of likely N-dealkylation sites (tertiary alicyclic amines) is 1. The summed E-state index contributed by atoms with van der Waals surface area (Å²) in [5, 5.41) is 37.8. The molecule has 1 rings (SSSR count). The van der Waals surface area contributed by atoms with Crippen LogP contribution in [0, 0.1) is 0 Å². The van der Waals surface area contributed by atoms with Gasteiger partial charge in [-0.25, -0.2) is 4.79 Å². The van der Waals surface area contributed by atoms with E-state index >= 15 is 0 Å². The molecule has 0 bridgehead atoms. The van der Waals surface area contributed by atoms with E-state index in [-0.39, 0.29) is 18.7 Å². The Morgan fingerprint density at radius 1 is 1.26 bits per heavy atom. The monoisotopic (exact) mass is 281 g/mol. The Morgan fingerprint density at radius 2 is 1.74 bits per heavy atom. The van der Waals surface area contributed by atoms with Gasteiger partial charge >= 0.3 is 12.3 Å². The van der Waals surface area contributed by atoms with Gasteiger partial charge in [0.05, 0.1) is 12.6 Å². The summed E-state index contributed by atoms with van der Waals surface area (Å²) in [5.41, 5.74) is -0.459. The van der Waals surface area contributed by atoms with Crippen LogP contribution in [0.25, 0.3) is 0 Å². The van der Waals surface area contributed by atoms with Crippen LogP contribution in [-0.2, 0) is 4.74 Å². The van der Waals surface area contributed by atoms with Crippen LogP contribution < -0.4 is 0 Å². The molecule has 0 aromatic carbocycles. The molecular formula is C11H23NO7. The van der Waals surface area contributed by atoms with Crippen LogP contribution in [0.5, 0.6) is 0 Å². The quantitative estimate of drug-likeness (QED) is 0.387. The van der Waals surface area contributed by atoms with Crippen LogP contribution in [0.15, 0.2) is 0 Å². The van der Waals surface area contributed by atoms with Crippen LogP contribution >= 0.6 is 0 Å². The largest absolute Gasteiger partial charge is 0.444 e. The fraction of sp³-hybridized carbons (Fsp3) is 0.909. The Hall–Kier alpha value is -0.930. The van der Waals surface area contributed by atoms with Gasteiger partial charge in [0.1, 0.15) is 5.60 Å². The van der Waals surface area contributed by atoms with Gasteiger partial charge in [-0.05, 0) is 33.6 Å². The number of aliphatic hydroxyl groups excluding tert-OH is 1. The second-order valence-corrected chi connectivity index (χ2v) is 5.25. The first-order valence-electron chi connectivity index (χ1n) is 5.94. The predicted molar refractivity (Wildman–Crippen MR) is 64.7 cm³/mol. The molecule has 1 aliphatic heterocycles. The maximum absolute atomic E-state index is 11.6. The lowest BCUT2D eigenvalue weighted by atomic mass is 10.2. The molecule has 19 heavy (non-hydrogen) atoms. The Bertz CT molecular complexity index is 276. The summed E-state index contributed by atoms with van der Waals surface area (Å²) in [5.74, 6) is 0. The number of carbonyl (C=O) groups is 1. The van der Waals surface area contributed by atoms with Crippen LogP contribution in [0.3, 0.4) is 0 Å². The van der Waals surface area contributed by atoms with Crippen molar-refractivity contribution in [3.63, 3.8) is 0 Å². The summed E-state index contributed by atoms with van der Waals surface area (Å²) in [7, 11) is 0. The average Bonchev–Trinajstić information content (AvgIpc) is 2.59. The zero-order chi connectivity index (χ0) is 15.3. The molecule has 0 aromatic rings. The van der Waals surface area contributed by atoms with E-state index in [1.807, 2.05) is 20.8 Å². The predicted octanol–water partition coefficient (Wildman–Crippen LogP) is -1.05. The SMILES string of the molecule is CC(C)(C)OC(=O)N1CCCC1CO.OC(O)(O)O. The highest BCUT2D eigenvalue weighted by atomic mass is 16.8. The molecule has 5 N–H and O–H groups in total. The smallest absolute Gasteiger partial charge is 0.410 e. The van der Waals surface area contributed by atoms with Gasteiger partial charge in [0.15, 0.2) is 0 Å². The minimum Gasteiger partial charge on any atom is -0.444 e. The van der Waals surface area contributed by atoms with E-state index in [1.165, 1.54) is 0 Å². The van der Waals surface area contributed by atoms with Gasteiger partial charge in [0.25, 0.3) is 0 Å². The molecule has 1 aliphatic rings. The second-order valence-electron chi connectivity index (χ2n) is 5.25. The number of carbonyl (C=O) groups excluding carboxylic acids is 1. The van der Waals surface area contributed by atoms with E-state index in [0.717, 1.165) is 12.8 Å². The van der Waals surface area contributed by atoms with Crippen molar-refractivity contribution in [2.45, 2.75) is 51.4 Å². The summed E-state index contributed by atoms with van der Waals surface area (Å²) in [6.45, 7) is 6.25. The number of aliphatic hydroxyl groups is 5. The lowest BCUT2D eigenvalue weighted by molar-refractivity contribution is -0.436. The Labute approximate surface area is 111 Å². The molecule has 0 spiro atoms. The van der Waals surface area contributed by atoms with Gasteiger partial charge in [0.2, 0.25) is 0 Å². The van der Waals surface area contributed by atoms with Crippen molar-refractivity contribution in [2.24, 2.45) is 0 Å². The summed E-state index contributed by atoms with van der Waals surface area (Å²) in [6, 6.07) is -0.0511. The summed E-state index contributed by atoms with van der Waals surface area (Å²) >= 11 is 0. The number of hydrogen-bond donors (Lipinski definition) is 5. The molecule has 1 unspecified atom stereocenters. The number of ether oxygens (including phenoxy) is 1. The molecule has 1 heterocycles. The molecule has 8 nitrogen and oxygen atoms in total. The van der Waals surface area contributed by atoms with Gasteiger partial charge in [-0.1, -0.05) is 0 Å². The Kier molecular flexibility index (Phi) is 6.67. The van der Waals surface area contributed by atoms with Crippen molar-refractivity contribution in [1.29, 1.82) is 0 Å². The number of amides is 1. The fourth-order valence-corrected chi connectivity index (χ4v) is 1.59. The average molecular weight is 281 g/mol. The second kappa shape index (κ2) is 7.01. The molecule has 114 valence electrons. The molecule has 1 fully saturated rings. The fourth-order valence-electron chi connectivity index (χ4n) is 1.59. The normalized spacial score (nSPS) is 19.8. The maximum Gasteiger partial charge on any atom is 0.410 e. The highest BCUT2D eigenvalue weighted by molar-refractivity contribution is 5.68. The first-order chi connectivity index (χ1) is 8.44. The molecule has 0 saturated carbocycles. The van der Waals surface area contributed by atoms with Crippen molar-refractivity contribution in [1.82, 2.24) is 4.90 Å². The van der Waals surface area contributed by atoms with E-state index in [1.54, 1.807) is 4.90 Å². The molecule has 0 aliphatic carbocycles. The van der Waals surface area contributed by atoms with Gasteiger partial charge in [-0.2, -0.15) is 0 Å². The molecule has 1 atom stereocenters. The molecule has 1 saturated heterocycles. The zero-order valence-electron chi connectivity index (χ0n) is 11.4. The lowest BCUT2D eigenvalue weighted by Crippen LogP contribution is -2.41. The first-order valence-corrected chi connectivity index (χ1v) is 5.94. The van der Waals surface area contributed by atoms with Gasteiger partial charge in [0, 0.05) is 6.54 Å². The van der Waals surface area contributed by atoms with Crippen molar-refractivity contribution >= 4 is 6.09 Å².